The van der Waals surface area contributed by atoms with Gasteiger partial charge in [0.25, 0.3) is 5.91 Å². The average Bonchev–Trinajstić information content (AvgIpc) is 3.40. The van der Waals surface area contributed by atoms with Crippen LogP contribution in [0.15, 0.2) is 82.2 Å². The van der Waals surface area contributed by atoms with Crippen molar-refractivity contribution in [3.8, 4) is 5.75 Å². The number of amides is 1. The zero-order valence-electron chi connectivity index (χ0n) is 17.4. The molecule has 0 spiro atoms. The fourth-order valence-corrected chi connectivity index (χ4v) is 3.32. The van der Waals surface area contributed by atoms with Gasteiger partial charge in [-0.3, -0.25) is 9.69 Å². The van der Waals surface area contributed by atoms with Crippen LogP contribution >= 0.6 is 11.6 Å². The summed E-state index contributed by atoms with van der Waals surface area (Å²) in [4.78, 5) is 18.7. The predicted octanol–water partition coefficient (Wildman–Crippen LogP) is 4.59. The molecule has 0 aliphatic carbocycles. The lowest BCUT2D eigenvalue weighted by Crippen LogP contribution is -2.30. The minimum absolute atomic E-state index is 0.126. The van der Waals surface area contributed by atoms with Crippen LogP contribution in [0.1, 0.15) is 12.5 Å². The van der Waals surface area contributed by atoms with Gasteiger partial charge in [0.2, 0.25) is 0 Å². The number of aliphatic imine (C=N–C) groups is 1. The number of anilines is 2. The number of rotatable bonds is 8. The van der Waals surface area contributed by atoms with Crippen LogP contribution in [0, 0.1) is 0 Å². The lowest BCUT2D eigenvalue weighted by Gasteiger charge is -2.17. The average molecular weight is 452 g/mol. The van der Waals surface area contributed by atoms with Gasteiger partial charge in [0, 0.05) is 22.8 Å². The summed E-state index contributed by atoms with van der Waals surface area (Å²) in [6, 6.07) is 16.1. The molecular weight excluding hydrogens is 430 g/mol. The largest absolute Gasteiger partial charge is 0.491 e. The van der Waals surface area contributed by atoms with Crippen molar-refractivity contribution in [2.75, 3.05) is 23.4 Å². The highest BCUT2D eigenvalue weighted by Crippen LogP contribution is 2.27. The van der Waals surface area contributed by atoms with Gasteiger partial charge in [-0.2, -0.15) is 0 Å². The normalized spacial score (nSPS) is 15.7. The number of ether oxygens (including phenoxy) is 1. The molecule has 4 rings (SSSR count). The Labute approximate surface area is 190 Å². The molecule has 1 amide bonds. The Bertz CT molecular complexity index is 1120. The number of carbonyl (C=O) groups excluding carboxylic acids is 1. The van der Waals surface area contributed by atoms with Gasteiger partial charge >= 0.3 is 0 Å². The third-order valence-electron chi connectivity index (χ3n) is 4.80. The second-order valence-corrected chi connectivity index (χ2v) is 7.67. The van der Waals surface area contributed by atoms with Crippen molar-refractivity contribution in [2.45, 2.75) is 13.0 Å². The number of furan rings is 1. The topological polar surface area (TPSA) is 87.3 Å². The van der Waals surface area contributed by atoms with E-state index in [1.807, 2.05) is 12.1 Å². The zero-order valence-corrected chi connectivity index (χ0v) is 18.1. The molecule has 7 nitrogen and oxygen atoms in total. The maximum Gasteiger partial charge on any atom is 0.282 e. The number of carbonyl (C=O) groups is 1. The van der Waals surface area contributed by atoms with Crippen molar-refractivity contribution in [1.29, 1.82) is 0 Å². The fraction of sp³-hybridized carbons (Fsp3) is 0.167. The van der Waals surface area contributed by atoms with Crippen LogP contribution in [-0.4, -0.2) is 36.1 Å². The van der Waals surface area contributed by atoms with E-state index in [1.165, 1.54) is 0 Å². The van der Waals surface area contributed by atoms with Crippen LogP contribution in [-0.2, 0) is 4.79 Å². The number of hydrogen-bond donors (Lipinski definition) is 2. The minimum Gasteiger partial charge on any atom is -0.491 e. The third-order valence-corrected chi connectivity index (χ3v) is 5.05. The SMILES string of the molecule is CC1=N/C(=C\c2ccoc2)C(=O)N1c1ccc(OCC(O)CNc2ccc(Cl)cc2)cc1. The van der Waals surface area contributed by atoms with Crippen molar-refractivity contribution in [3.63, 3.8) is 0 Å². The van der Waals surface area contributed by atoms with Gasteiger partial charge in [0.15, 0.2) is 0 Å². The molecule has 2 aromatic carbocycles. The number of halogens is 1. The summed E-state index contributed by atoms with van der Waals surface area (Å²) in [7, 11) is 0. The second kappa shape index (κ2) is 9.72. The molecule has 0 saturated carbocycles. The molecule has 8 heteroatoms. The van der Waals surface area contributed by atoms with Gasteiger partial charge in [0.05, 0.1) is 18.2 Å². The molecule has 1 aliphatic heterocycles. The van der Waals surface area contributed by atoms with Crippen LogP contribution in [0.5, 0.6) is 5.75 Å². The predicted molar refractivity (Wildman–Crippen MR) is 125 cm³/mol. The smallest absolute Gasteiger partial charge is 0.282 e. The van der Waals surface area contributed by atoms with Crippen molar-refractivity contribution in [1.82, 2.24) is 0 Å². The first-order chi connectivity index (χ1) is 15.5. The van der Waals surface area contributed by atoms with E-state index < -0.39 is 6.10 Å². The number of benzene rings is 2. The maximum atomic E-state index is 12.8. The van der Waals surface area contributed by atoms with Gasteiger partial charge in [-0.1, -0.05) is 11.6 Å². The molecule has 0 bridgehead atoms. The number of nitrogens with zero attached hydrogens (tertiary/aromatic N) is 2. The Morgan fingerprint density at radius 1 is 1.19 bits per heavy atom. The van der Waals surface area contributed by atoms with E-state index in [2.05, 4.69) is 10.3 Å². The molecule has 1 aromatic heterocycles. The Morgan fingerprint density at radius 3 is 2.62 bits per heavy atom. The van der Waals surface area contributed by atoms with Gasteiger partial charge in [-0.25, -0.2) is 4.99 Å². The highest BCUT2D eigenvalue weighted by atomic mass is 35.5. The van der Waals surface area contributed by atoms with Gasteiger partial charge in [-0.15, -0.1) is 0 Å². The molecule has 2 heterocycles. The monoisotopic (exact) mass is 451 g/mol. The molecule has 0 radical (unpaired) electrons. The summed E-state index contributed by atoms with van der Waals surface area (Å²) < 4.78 is 10.7. The van der Waals surface area contributed by atoms with Gasteiger partial charge in [-0.05, 0) is 67.6 Å². The summed E-state index contributed by atoms with van der Waals surface area (Å²) in [5.74, 6) is 0.970. The van der Waals surface area contributed by atoms with E-state index in [0.717, 1.165) is 11.3 Å². The quantitative estimate of drug-likeness (QED) is 0.489. The van der Waals surface area contributed by atoms with E-state index in [-0.39, 0.29) is 12.5 Å². The maximum absolute atomic E-state index is 12.8. The third kappa shape index (κ3) is 5.19. The molecule has 1 aliphatic rings. The van der Waals surface area contributed by atoms with E-state index in [1.54, 1.807) is 72.9 Å². The van der Waals surface area contributed by atoms with E-state index in [0.29, 0.717) is 34.5 Å². The number of aliphatic hydroxyl groups is 1. The summed E-state index contributed by atoms with van der Waals surface area (Å²) >= 11 is 5.86. The number of amidine groups is 1. The van der Waals surface area contributed by atoms with Crippen LogP contribution in [0.25, 0.3) is 6.08 Å². The second-order valence-electron chi connectivity index (χ2n) is 7.23. The first-order valence-electron chi connectivity index (χ1n) is 10.0. The number of aliphatic hydroxyl groups excluding tert-OH is 1. The molecule has 0 saturated heterocycles. The van der Waals surface area contributed by atoms with E-state index in [4.69, 9.17) is 20.8 Å². The molecule has 1 atom stereocenters. The zero-order chi connectivity index (χ0) is 22.5. The van der Waals surface area contributed by atoms with Gasteiger partial charge < -0.3 is 19.6 Å². The molecule has 2 N–H and O–H groups in total. The molecule has 0 fully saturated rings. The Morgan fingerprint density at radius 2 is 1.94 bits per heavy atom. The molecular formula is C24H22ClN3O4. The Kier molecular flexibility index (Phi) is 6.58. The molecule has 164 valence electrons. The highest BCUT2D eigenvalue weighted by molar-refractivity contribution is 6.30. The Hall–Kier alpha value is -3.55. The van der Waals surface area contributed by atoms with Crippen molar-refractivity contribution in [2.24, 2.45) is 4.99 Å². The molecule has 1 unspecified atom stereocenters. The Balaban J connectivity index is 1.31. The van der Waals surface area contributed by atoms with Crippen molar-refractivity contribution < 1.29 is 19.1 Å². The standard InChI is InChI=1S/C24H22ClN3O4/c1-16-27-23(12-17-10-11-31-14-17)24(30)28(16)20-6-8-22(9-7-20)32-15-21(29)13-26-19-4-2-18(25)3-5-19/h2-12,14,21,26,29H,13,15H2,1H3/b23-12-. The fourth-order valence-electron chi connectivity index (χ4n) is 3.19. The first kappa shape index (κ1) is 21.7. The lowest BCUT2D eigenvalue weighted by atomic mass is 10.2. The van der Waals surface area contributed by atoms with Gasteiger partial charge in [0.1, 0.15) is 30.0 Å². The lowest BCUT2D eigenvalue weighted by molar-refractivity contribution is -0.113. The van der Waals surface area contributed by atoms with Crippen LogP contribution < -0.4 is 15.0 Å². The minimum atomic E-state index is -0.699. The van der Waals surface area contributed by atoms with Crippen molar-refractivity contribution >= 4 is 40.8 Å². The van der Waals surface area contributed by atoms with Crippen LogP contribution in [0.2, 0.25) is 5.02 Å². The van der Waals surface area contributed by atoms with E-state index >= 15 is 0 Å². The first-order valence-corrected chi connectivity index (χ1v) is 10.4. The van der Waals surface area contributed by atoms with E-state index in [9.17, 15) is 9.90 Å². The summed E-state index contributed by atoms with van der Waals surface area (Å²) in [5, 5.41) is 13.9. The summed E-state index contributed by atoms with van der Waals surface area (Å²) in [5.41, 5.74) is 2.68. The van der Waals surface area contributed by atoms with Crippen LogP contribution in [0.4, 0.5) is 11.4 Å². The number of nitrogens with one attached hydrogen (secondary N) is 1. The van der Waals surface area contributed by atoms with Crippen molar-refractivity contribution in [3.05, 3.63) is 83.4 Å². The molecule has 3 aromatic rings. The summed E-state index contributed by atoms with van der Waals surface area (Å²) in [6.45, 7) is 2.24. The molecule has 32 heavy (non-hydrogen) atoms. The highest BCUT2D eigenvalue weighted by Gasteiger charge is 2.28. The summed E-state index contributed by atoms with van der Waals surface area (Å²) in [6.07, 6.45) is 4.09. The van der Waals surface area contributed by atoms with Crippen LogP contribution in [0.3, 0.4) is 0 Å². The number of hydrogen-bond acceptors (Lipinski definition) is 6.